The van der Waals surface area contributed by atoms with Crippen molar-refractivity contribution in [2.45, 2.75) is 32.0 Å². The summed E-state index contributed by atoms with van der Waals surface area (Å²) >= 11 is 0. The lowest BCUT2D eigenvalue weighted by atomic mass is 10.0. The summed E-state index contributed by atoms with van der Waals surface area (Å²) in [5.74, 6) is 0.461. The van der Waals surface area contributed by atoms with Gasteiger partial charge in [0, 0.05) is 29.1 Å². The molecule has 0 bridgehead atoms. The number of fused-ring (bicyclic) bond motifs is 1. The van der Waals surface area contributed by atoms with Crippen LogP contribution < -0.4 is 5.32 Å². The van der Waals surface area contributed by atoms with E-state index < -0.39 is 18.1 Å². The highest BCUT2D eigenvalue weighted by atomic mass is 16.4. The summed E-state index contributed by atoms with van der Waals surface area (Å²) in [5, 5.41) is 23.4. The van der Waals surface area contributed by atoms with Crippen molar-refractivity contribution in [2.75, 3.05) is 0 Å². The number of benzene rings is 2. The molecule has 2 atom stereocenters. The van der Waals surface area contributed by atoms with Crippen LogP contribution in [0.2, 0.25) is 0 Å². The van der Waals surface area contributed by atoms with E-state index in [4.69, 9.17) is 4.42 Å². The average molecular weight is 404 g/mol. The fraction of sp³-hybridized carbons (Fsp3) is 0.208. The van der Waals surface area contributed by atoms with Gasteiger partial charge in [-0.15, -0.1) is 0 Å². The first-order valence-electron chi connectivity index (χ1n) is 9.89. The van der Waals surface area contributed by atoms with Crippen molar-refractivity contribution >= 4 is 16.9 Å². The zero-order chi connectivity index (χ0) is 21.1. The predicted molar refractivity (Wildman–Crippen MR) is 115 cm³/mol. The molecule has 6 heteroatoms. The van der Waals surface area contributed by atoms with E-state index in [0.29, 0.717) is 24.5 Å². The Kier molecular flexibility index (Phi) is 5.70. The van der Waals surface area contributed by atoms with Crippen molar-refractivity contribution in [3.05, 3.63) is 83.7 Å². The first-order valence-corrected chi connectivity index (χ1v) is 9.89. The van der Waals surface area contributed by atoms with E-state index in [2.05, 4.69) is 10.3 Å². The summed E-state index contributed by atoms with van der Waals surface area (Å²) in [7, 11) is 0. The third-order valence-corrected chi connectivity index (χ3v) is 5.26. The van der Waals surface area contributed by atoms with Gasteiger partial charge in [-0.05, 0) is 36.2 Å². The Morgan fingerprint density at radius 3 is 2.60 bits per heavy atom. The number of rotatable bonds is 8. The number of H-pyrrole nitrogens is 1. The van der Waals surface area contributed by atoms with Crippen molar-refractivity contribution in [3.8, 4) is 11.3 Å². The van der Waals surface area contributed by atoms with Crippen LogP contribution in [0.25, 0.3) is 22.2 Å². The minimum Gasteiger partial charge on any atom is -0.480 e. The van der Waals surface area contributed by atoms with Gasteiger partial charge in [-0.1, -0.05) is 42.5 Å². The minimum absolute atomic E-state index is 0.311. The summed E-state index contributed by atoms with van der Waals surface area (Å²) in [6.07, 6.45) is 1.72. The van der Waals surface area contributed by atoms with E-state index >= 15 is 0 Å². The Bertz CT molecular complexity index is 1140. The molecule has 0 aliphatic heterocycles. The van der Waals surface area contributed by atoms with Crippen LogP contribution in [-0.2, 0) is 17.8 Å². The Hall–Kier alpha value is -3.35. The Morgan fingerprint density at radius 1 is 1.10 bits per heavy atom. The number of para-hydroxylation sites is 1. The molecular formula is C24H24N2O4. The van der Waals surface area contributed by atoms with Crippen molar-refractivity contribution in [2.24, 2.45) is 0 Å². The largest absolute Gasteiger partial charge is 0.480 e. The van der Waals surface area contributed by atoms with Gasteiger partial charge in [-0.3, -0.25) is 10.1 Å². The smallest absolute Gasteiger partial charge is 0.321 e. The molecule has 2 aromatic carbocycles. The number of carboxylic acid groups (broad SMARTS) is 1. The van der Waals surface area contributed by atoms with Crippen molar-refractivity contribution in [3.63, 3.8) is 0 Å². The highest BCUT2D eigenvalue weighted by molar-refractivity contribution is 5.84. The highest BCUT2D eigenvalue weighted by Crippen LogP contribution is 2.24. The lowest BCUT2D eigenvalue weighted by molar-refractivity contribution is -0.139. The second-order valence-corrected chi connectivity index (χ2v) is 7.40. The number of aliphatic hydroxyl groups excluding tert-OH is 1. The van der Waals surface area contributed by atoms with Gasteiger partial charge < -0.3 is 19.6 Å². The van der Waals surface area contributed by atoms with Gasteiger partial charge in [-0.2, -0.15) is 0 Å². The molecule has 30 heavy (non-hydrogen) atoms. The fourth-order valence-corrected chi connectivity index (χ4v) is 3.54. The number of hydrogen-bond donors (Lipinski definition) is 4. The molecule has 0 saturated heterocycles. The zero-order valence-corrected chi connectivity index (χ0v) is 16.6. The number of aliphatic hydroxyl groups is 1. The van der Waals surface area contributed by atoms with E-state index in [1.807, 2.05) is 66.9 Å². The molecule has 154 valence electrons. The van der Waals surface area contributed by atoms with Crippen molar-refractivity contribution < 1.29 is 19.4 Å². The van der Waals surface area contributed by atoms with E-state index in [1.54, 1.807) is 6.92 Å². The summed E-state index contributed by atoms with van der Waals surface area (Å²) in [6.45, 7) is 2.03. The second-order valence-electron chi connectivity index (χ2n) is 7.40. The van der Waals surface area contributed by atoms with Gasteiger partial charge in [0.15, 0.2) is 0 Å². The number of aliphatic carboxylic acids is 1. The maximum atomic E-state index is 11.8. The molecule has 2 heterocycles. The van der Waals surface area contributed by atoms with Crippen LogP contribution in [0, 0.1) is 0 Å². The van der Waals surface area contributed by atoms with Crippen LogP contribution >= 0.6 is 0 Å². The quantitative estimate of drug-likeness (QED) is 0.352. The second kappa shape index (κ2) is 8.57. The van der Waals surface area contributed by atoms with Gasteiger partial charge in [0.05, 0.1) is 12.6 Å². The van der Waals surface area contributed by atoms with Crippen LogP contribution in [0.4, 0.5) is 0 Å². The highest BCUT2D eigenvalue weighted by Gasteiger charge is 2.20. The van der Waals surface area contributed by atoms with Gasteiger partial charge in [0.2, 0.25) is 0 Å². The molecule has 0 aliphatic carbocycles. The number of carboxylic acids is 1. The van der Waals surface area contributed by atoms with Gasteiger partial charge >= 0.3 is 5.97 Å². The molecule has 0 amide bonds. The molecule has 2 unspecified atom stereocenters. The van der Waals surface area contributed by atoms with Gasteiger partial charge in [-0.25, -0.2) is 0 Å². The molecule has 4 aromatic rings. The third-order valence-electron chi connectivity index (χ3n) is 5.26. The topological polar surface area (TPSA) is 98.5 Å². The van der Waals surface area contributed by atoms with Crippen molar-refractivity contribution in [1.29, 1.82) is 0 Å². The number of carbonyl (C=O) groups is 1. The maximum absolute atomic E-state index is 11.8. The summed E-state index contributed by atoms with van der Waals surface area (Å²) in [5.41, 5.74) is 3.70. The van der Waals surface area contributed by atoms with Crippen molar-refractivity contribution in [1.82, 2.24) is 10.3 Å². The fourth-order valence-electron chi connectivity index (χ4n) is 3.54. The average Bonchev–Trinajstić information content (AvgIpc) is 3.38. The number of aromatic amines is 1. The van der Waals surface area contributed by atoms with E-state index in [0.717, 1.165) is 27.6 Å². The molecule has 6 nitrogen and oxygen atoms in total. The molecule has 0 saturated carbocycles. The Morgan fingerprint density at radius 2 is 1.87 bits per heavy atom. The Balaban J connectivity index is 1.43. The van der Waals surface area contributed by atoms with Crippen LogP contribution in [0.1, 0.15) is 29.9 Å². The first-order chi connectivity index (χ1) is 14.5. The Labute approximate surface area is 174 Å². The predicted octanol–water partition coefficient (Wildman–Crippen LogP) is 4.27. The van der Waals surface area contributed by atoms with Gasteiger partial charge in [0.25, 0.3) is 0 Å². The number of nitrogens with one attached hydrogen (secondary N) is 2. The van der Waals surface area contributed by atoms with Crippen LogP contribution in [0.15, 0.2) is 71.3 Å². The van der Waals surface area contributed by atoms with E-state index in [-0.39, 0.29) is 0 Å². The van der Waals surface area contributed by atoms with Gasteiger partial charge in [0.1, 0.15) is 17.6 Å². The normalized spacial score (nSPS) is 13.4. The van der Waals surface area contributed by atoms with Crippen LogP contribution in [-0.4, -0.2) is 27.2 Å². The lowest BCUT2D eigenvalue weighted by Gasteiger charge is -2.13. The number of furan rings is 1. The standard InChI is InChI=1S/C24H24N2O4/c1-15(27)16-6-8-17(9-7-16)23-11-10-19(30-23)14-26-22(24(28)29)12-18-13-25-21-5-3-2-4-20(18)21/h2-11,13,15,22,25-27H,12,14H2,1H3,(H,28,29). The molecule has 2 aromatic heterocycles. The molecule has 4 N–H and O–H groups in total. The summed E-state index contributed by atoms with van der Waals surface area (Å²) in [6, 6.07) is 18.3. The molecule has 0 fully saturated rings. The number of aromatic nitrogens is 1. The maximum Gasteiger partial charge on any atom is 0.321 e. The minimum atomic E-state index is -0.902. The van der Waals surface area contributed by atoms with Crippen LogP contribution in [0.5, 0.6) is 0 Å². The zero-order valence-electron chi connectivity index (χ0n) is 16.6. The summed E-state index contributed by atoms with van der Waals surface area (Å²) < 4.78 is 5.88. The number of hydrogen-bond acceptors (Lipinski definition) is 4. The molecule has 0 spiro atoms. The molecule has 0 aliphatic rings. The monoisotopic (exact) mass is 404 g/mol. The van der Waals surface area contributed by atoms with E-state index in [1.165, 1.54) is 0 Å². The third kappa shape index (κ3) is 4.30. The summed E-state index contributed by atoms with van der Waals surface area (Å²) in [4.78, 5) is 15.0. The van der Waals surface area contributed by atoms with Crippen LogP contribution in [0.3, 0.4) is 0 Å². The molecular weight excluding hydrogens is 380 g/mol. The first kappa shape index (κ1) is 19.9. The SMILES string of the molecule is CC(O)c1ccc(-c2ccc(CNC(Cc3c[nH]c4ccccc34)C(=O)O)o2)cc1. The molecule has 0 radical (unpaired) electrons. The lowest BCUT2D eigenvalue weighted by Crippen LogP contribution is -2.37. The molecule has 4 rings (SSSR count). The van der Waals surface area contributed by atoms with E-state index in [9.17, 15) is 15.0 Å².